The minimum atomic E-state index is -0.0824. The second-order valence-electron chi connectivity index (χ2n) is 7.80. The lowest BCUT2D eigenvalue weighted by atomic mass is 9.91. The van der Waals surface area contributed by atoms with E-state index in [1.165, 1.54) is 5.57 Å². The zero-order valence-electron chi connectivity index (χ0n) is 17.8. The first-order valence-electron chi connectivity index (χ1n) is 10.4. The van der Waals surface area contributed by atoms with E-state index in [-0.39, 0.29) is 11.9 Å². The molecule has 3 aromatic rings. The van der Waals surface area contributed by atoms with E-state index in [2.05, 4.69) is 34.4 Å². The van der Waals surface area contributed by atoms with Gasteiger partial charge in [-0.15, -0.1) is 0 Å². The highest BCUT2D eigenvalue weighted by atomic mass is 16.5. The lowest BCUT2D eigenvalue weighted by molar-refractivity contribution is 0.198. The molecular weight excluding hydrogens is 388 g/mol. The Morgan fingerprint density at radius 1 is 1.16 bits per heavy atom. The van der Waals surface area contributed by atoms with Gasteiger partial charge in [0.15, 0.2) is 0 Å². The van der Waals surface area contributed by atoms with Gasteiger partial charge in [0.25, 0.3) is 0 Å². The fourth-order valence-corrected chi connectivity index (χ4v) is 3.62. The molecule has 4 rings (SSSR count). The van der Waals surface area contributed by atoms with Gasteiger partial charge in [-0.1, -0.05) is 30.7 Å². The fraction of sp³-hybridized carbons (Fsp3) is 0.240. The number of hydrogen-bond donors (Lipinski definition) is 1. The Hall–Kier alpha value is -3.67. The predicted octanol–water partition coefficient (Wildman–Crippen LogP) is 5.53. The number of amides is 2. The number of pyridine rings is 2. The molecule has 0 spiro atoms. The second-order valence-corrected chi connectivity index (χ2v) is 7.80. The van der Waals surface area contributed by atoms with Crippen LogP contribution in [-0.4, -0.2) is 34.0 Å². The lowest BCUT2D eigenvalue weighted by Crippen LogP contribution is -2.42. The minimum Gasteiger partial charge on any atom is -0.456 e. The van der Waals surface area contributed by atoms with Gasteiger partial charge in [-0.3, -0.25) is 9.97 Å². The third kappa shape index (κ3) is 5.48. The molecule has 0 saturated carbocycles. The van der Waals surface area contributed by atoms with Crippen molar-refractivity contribution in [2.24, 2.45) is 5.92 Å². The van der Waals surface area contributed by atoms with E-state index in [0.29, 0.717) is 18.8 Å². The van der Waals surface area contributed by atoms with Crippen molar-refractivity contribution in [2.75, 3.05) is 18.4 Å². The number of aromatic nitrogens is 2. The number of likely N-dealkylation sites (tertiary alicyclic amines) is 1. The Bertz CT molecular complexity index is 1060. The number of aryl methyl sites for hydroxylation is 1. The monoisotopic (exact) mass is 414 g/mol. The molecule has 1 aromatic carbocycles. The number of carbonyl (C=O) groups excluding carboxylic acids is 1. The zero-order valence-corrected chi connectivity index (χ0v) is 17.8. The number of nitrogens with zero attached hydrogens (tertiary/aromatic N) is 3. The molecule has 1 atom stereocenters. The summed E-state index contributed by atoms with van der Waals surface area (Å²) >= 11 is 0. The third-order valence-corrected chi connectivity index (χ3v) is 5.33. The van der Waals surface area contributed by atoms with Crippen molar-refractivity contribution >= 4 is 17.8 Å². The van der Waals surface area contributed by atoms with E-state index in [9.17, 15) is 4.79 Å². The summed E-state index contributed by atoms with van der Waals surface area (Å²) in [5.74, 6) is 1.77. The quantitative estimate of drug-likeness (QED) is 0.609. The van der Waals surface area contributed by atoms with Crippen molar-refractivity contribution in [1.29, 1.82) is 0 Å². The SMILES string of the molecule is Cc1ccc(Oc2cccc(C=C3CCN(C(=O)Nc4cccnc4)CC3C)c2)cn1. The fourth-order valence-electron chi connectivity index (χ4n) is 3.62. The molecule has 2 amide bonds. The molecule has 0 bridgehead atoms. The average Bonchev–Trinajstić information content (AvgIpc) is 2.78. The Morgan fingerprint density at radius 2 is 2.06 bits per heavy atom. The number of piperidine rings is 1. The minimum absolute atomic E-state index is 0.0824. The standard InChI is InChI=1S/C25H26N4O2/c1-18-17-29(25(30)28-22-6-4-11-26-15-22)12-10-21(18)13-20-5-3-7-23(14-20)31-24-9-8-19(2)27-16-24/h3-9,11,13-16,18H,10,12,17H2,1-2H3,(H,28,30). The molecule has 1 fully saturated rings. The first kappa shape index (κ1) is 20.6. The number of carbonyl (C=O) groups is 1. The molecule has 6 heteroatoms. The molecule has 2 aromatic heterocycles. The smallest absolute Gasteiger partial charge is 0.321 e. The van der Waals surface area contributed by atoms with Gasteiger partial charge < -0.3 is 15.0 Å². The van der Waals surface area contributed by atoms with Gasteiger partial charge in [-0.05, 0) is 61.2 Å². The Labute approximate surface area is 182 Å². The summed E-state index contributed by atoms with van der Waals surface area (Å²) in [7, 11) is 0. The molecule has 31 heavy (non-hydrogen) atoms. The van der Waals surface area contributed by atoms with Crippen LogP contribution in [0.25, 0.3) is 6.08 Å². The van der Waals surface area contributed by atoms with Crippen LogP contribution in [0, 0.1) is 12.8 Å². The van der Waals surface area contributed by atoms with Crippen molar-refractivity contribution < 1.29 is 9.53 Å². The van der Waals surface area contributed by atoms with Crippen LogP contribution in [-0.2, 0) is 0 Å². The number of nitrogens with one attached hydrogen (secondary N) is 1. The van der Waals surface area contributed by atoms with E-state index in [1.54, 1.807) is 18.6 Å². The van der Waals surface area contributed by atoms with Gasteiger partial charge in [0.1, 0.15) is 11.5 Å². The number of rotatable bonds is 4. The number of benzene rings is 1. The van der Waals surface area contributed by atoms with Gasteiger partial charge in [0.05, 0.1) is 18.1 Å². The van der Waals surface area contributed by atoms with Gasteiger partial charge in [0.2, 0.25) is 0 Å². The molecule has 1 unspecified atom stereocenters. The van der Waals surface area contributed by atoms with Crippen molar-refractivity contribution in [1.82, 2.24) is 14.9 Å². The van der Waals surface area contributed by atoms with Crippen molar-refractivity contribution in [3.63, 3.8) is 0 Å². The highest BCUT2D eigenvalue weighted by Gasteiger charge is 2.24. The van der Waals surface area contributed by atoms with Crippen molar-refractivity contribution in [3.8, 4) is 11.5 Å². The summed E-state index contributed by atoms with van der Waals surface area (Å²) in [4.78, 5) is 22.7. The van der Waals surface area contributed by atoms with Crippen LogP contribution in [0.1, 0.15) is 24.6 Å². The average molecular weight is 415 g/mol. The molecule has 1 aliphatic rings. The lowest BCUT2D eigenvalue weighted by Gasteiger charge is -2.33. The normalized spacial score (nSPS) is 17.4. The van der Waals surface area contributed by atoms with E-state index in [4.69, 9.17) is 4.74 Å². The first-order valence-corrected chi connectivity index (χ1v) is 10.4. The number of anilines is 1. The Morgan fingerprint density at radius 3 is 2.81 bits per heavy atom. The maximum absolute atomic E-state index is 12.6. The number of ether oxygens (including phenoxy) is 1. The number of urea groups is 1. The summed E-state index contributed by atoms with van der Waals surface area (Å²) in [6.45, 7) is 5.48. The third-order valence-electron chi connectivity index (χ3n) is 5.33. The summed E-state index contributed by atoms with van der Waals surface area (Å²) in [5.41, 5.74) is 4.09. The van der Waals surface area contributed by atoms with Gasteiger partial charge in [-0.25, -0.2) is 4.79 Å². The molecule has 1 aliphatic heterocycles. The second kappa shape index (κ2) is 9.43. The molecule has 0 aliphatic carbocycles. The Kier molecular flexibility index (Phi) is 6.26. The summed E-state index contributed by atoms with van der Waals surface area (Å²) in [6, 6.07) is 15.4. The largest absolute Gasteiger partial charge is 0.456 e. The molecule has 158 valence electrons. The number of hydrogen-bond acceptors (Lipinski definition) is 4. The van der Waals surface area contributed by atoms with Crippen LogP contribution >= 0.6 is 0 Å². The maximum Gasteiger partial charge on any atom is 0.321 e. The van der Waals surface area contributed by atoms with E-state index in [0.717, 1.165) is 29.2 Å². The topological polar surface area (TPSA) is 67.3 Å². The zero-order chi connectivity index (χ0) is 21.6. The van der Waals surface area contributed by atoms with Crippen molar-refractivity contribution in [3.05, 3.63) is 84.0 Å². The van der Waals surface area contributed by atoms with Crippen LogP contribution in [0.2, 0.25) is 0 Å². The Balaban J connectivity index is 1.39. The maximum atomic E-state index is 12.6. The molecule has 3 heterocycles. The van der Waals surface area contributed by atoms with E-state index in [1.807, 2.05) is 54.3 Å². The molecule has 1 N–H and O–H groups in total. The highest BCUT2D eigenvalue weighted by Crippen LogP contribution is 2.28. The van der Waals surface area contributed by atoms with Crippen molar-refractivity contribution in [2.45, 2.75) is 20.3 Å². The van der Waals surface area contributed by atoms with Crippen LogP contribution in [0.15, 0.2) is 72.7 Å². The van der Waals surface area contributed by atoms with Crippen LogP contribution in [0.3, 0.4) is 0 Å². The predicted molar refractivity (Wildman–Crippen MR) is 122 cm³/mol. The van der Waals surface area contributed by atoms with Gasteiger partial charge in [-0.2, -0.15) is 0 Å². The molecular formula is C25H26N4O2. The summed E-state index contributed by atoms with van der Waals surface area (Å²) < 4.78 is 5.94. The summed E-state index contributed by atoms with van der Waals surface area (Å²) in [5, 5.41) is 2.91. The van der Waals surface area contributed by atoms with Crippen LogP contribution in [0.4, 0.5) is 10.5 Å². The van der Waals surface area contributed by atoms with E-state index >= 15 is 0 Å². The van der Waals surface area contributed by atoms with Crippen LogP contribution in [0.5, 0.6) is 11.5 Å². The van der Waals surface area contributed by atoms with Gasteiger partial charge >= 0.3 is 6.03 Å². The van der Waals surface area contributed by atoms with Gasteiger partial charge in [0, 0.05) is 25.0 Å². The van der Waals surface area contributed by atoms with E-state index < -0.39 is 0 Å². The molecule has 0 radical (unpaired) electrons. The first-order chi connectivity index (χ1) is 15.1. The molecule has 1 saturated heterocycles. The molecule has 6 nitrogen and oxygen atoms in total. The highest BCUT2D eigenvalue weighted by molar-refractivity contribution is 5.89. The van der Waals surface area contributed by atoms with Crippen LogP contribution < -0.4 is 10.1 Å². The summed E-state index contributed by atoms with van der Waals surface area (Å²) in [6.07, 6.45) is 8.12.